The number of aromatic amines is 1. The molecule has 2 heterocycles. The molecule has 1 N–H and O–H groups in total. The predicted octanol–water partition coefficient (Wildman–Crippen LogP) is 2.58. The molecule has 6 heteroatoms. The summed E-state index contributed by atoms with van der Waals surface area (Å²) in [6.45, 7) is 0.180. The smallest absolute Gasteiger partial charge is 0.231 e. The van der Waals surface area contributed by atoms with E-state index in [0.29, 0.717) is 28.5 Å². The molecular formula is C18H10N2O4. The van der Waals surface area contributed by atoms with E-state index in [9.17, 15) is 9.59 Å². The van der Waals surface area contributed by atoms with E-state index in [1.165, 1.54) is 0 Å². The number of hydrogen-bond acceptors (Lipinski definition) is 5. The number of carbonyl (C=O) groups excluding carboxylic acids is 2. The van der Waals surface area contributed by atoms with Gasteiger partial charge >= 0.3 is 0 Å². The third-order valence-corrected chi connectivity index (χ3v) is 4.21. The second-order valence-electron chi connectivity index (χ2n) is 5.58. The second-order valence-corrected chi connectivity index (χ2v) is 5.58. The van der Waals surface area contributed by atoms with Gasteiger partial charge in [-0.3, -0.25) is 9.59 Å². The van der Waals surface area contributed by atoms with Crippen LogP contribution in [-0.2, 0) is 0 Å². The summed E-state index contributed by atoms with van der Waals surface area (Å²) in [5.41, 5.74) is 1.89. The van der Waals surface area contributed by atoms with Gasteiger partial charge in [0.1, 0.15) is 17.2 Å². The lowest BCUT2D eigenvalue weighted by molar-refractivity contribution is 0.0974. The van der Waals surface area contributed by atoms with Gasteiger partial charge in [-0.25, -0.2) is 4.98 Å². The van der Waals surface area contributed by atoms with E-state index >= 15 is 0 Å². The number of hydrogen-bond donors (Lipinski definition) is 1. The maximum Gasteiger partial charge on any atom is 0.231 e. The van der Waals surface area contributed by atoms with Gasteiger partial charge in [0.2, 0.25) is 18.4 Å². The Morgan fingerprint density at radius 2 is 1.67 bits per heavy atom. The quantitative estimate of drug-likeness (QED) is 0.583. The molecule has 0 amide bonds. The van der Waals surface area contributed by atoms with E-state index in [1.54, 1.807) is 42.5 Å². The van der Waals surface area contributed by atoms with Crippen molar-refractivity contribution >= 4 is 11.6 Å². The molecule has 6 nitrogen and oxygen atoms in total. The molecule has 1 aliphatic carbocycles. The highest BCUT2D eigenvalue weighted by molar-refractivity contribution is 6.27. The number of H-pyrrole nitrogens is 1. The summed E-state index contributed by atoms with van der Waals surface area (Å²) in [5, 5.41) is 0. The normalized spacial score (nSPS) is 14.5. The van der Waals surface area contributed by atoms with Crippen molar-refractivity contribution in [2.75, 3.05) is 6.79 Å². The van der Waals surface area contributed by atoms with Gasteiger partial charge in [-0.05, 0) is 18.2 Å². The van der Waals surface area contributed by atoms with Crippen molar-refractivity contribution in [3.63, 3.8) is 0 Å². The molecule has 2 aliphatic rings. The van der Waals surface area contributed by atoms with E-state index in [-0.39, 0.29) is 29.7 Å². The van der Waals surface area contributed by atoms with Crippen LogP contribution in [-0.4, -0.2) is 28.3 Å². The number of ether oxygens (including phenoxy) is 2. The Bertz CT molecular complexity index is 983. The Kier molecular flexibility index (Phi) is 2.48. The standard InChI is InChI=1S/C18H10N2O4/c21-16-10-3-1-2-4-11(10)17(22)15-14(16)19-18(20-15)9-5-6-12-13(7-9)24-8-23-12/h1-7H,8H2,(H,19,20). The predicted molar refractivity (Wildman–Crippen MR) is 83.5 cm³/mol. The number of imidazole rings is 1. The van der Waals surface area contributed by atoms with Crippen molar-refractivity contribution in [2.24, 2.45) is 0 Å². The van der Waals surface area contributed by atoms with Gasteiger partial charge in [0.25, 0.3) is 0 Å². The van der Waals surface area contributed by atoms with Crippen LogP contribution in [0.15, 0.2) is 42.5 Å². The molecule has 3 aromatic rings. The van der Waals surface area contributed by atoms with Crippen LogP contribution in [0.1, 0.15) is 32.1 Å². The van der Waals surface area contributed by atoms with Crippen LogP contribution in [0.4, 0.5) is 0 Å². The molecular weight excluding hydrogens is 308 g/mol. The van der Waals surface area contributed by atoms with Crippen LogP contribution >= 0.6 is 0 Å². The molecule has 2 aromatic carbocycles. The van der Waals surface area contributed by atoms with E-state index in [4.69, 9.17) is 9.47 Å². The largest absolute Gasteiger partial charge is 0.454 e. The lowest BCUT2D eigenvalue weighted by atomic mass is 9.90. The Balaban J connectivity index is 1.65. The molecule has 0 bridgehead atoms. The number of ketones is 2. The maximum absolute atomic E-state index is 12.6. The molecule has 1 aromatic heterocycles. The number of rotatable bonds is 1. The van der Waals surface area contributed by atoms with Crippen molar-refractivity contribution < 1.29 is 19.1 Å². The lowest BCUT2D eigenvalue weighted by Crippen LogP contribution is -2.20. The fourth-order valence-corrected chi connectivity index (χ4v) is 3.02. The summed E-state index contributed by atoms with van der Waals surface area (Å²) in [5.74, 6) is 1.26. The summed E-state index contributed by atoms with van der Waals surface area (Å²) >= 11 is 0. The number of carbonyl (C=O) groups is 2. The SMILES string of the molecule is O=C1c2ccccc2C(=O)c2[nH]c(-c3ccc4c(c3)OCO4)nc21. The molecule has 0 fully saturated rings. The van der Waals surface area contributed by atoms with Gasteiger partial charge in [-0.15, -0.1) is 0 Å². The van der Waals surface area contributed by atoms with Gasteiger partial charge in [0, 0.05) is 16.7 Å². The fourth-order valence-electron chi connectivity index (χ4n) is 3.02. The number of nitrogens with zero attached hydrogens (tertiary/aromatic N) is 1. The van der Waals surface area contributed by atoms with Crippen molar-refractivity contribution in [1.82, 2.24) is 9.97 Å². The van der Waals surface area contributed by atoms with Crippen LogP contribution in [0, 0.1) is 0 Å². The zero-order chi connectivity index (χ0) is 16.3. The lowest BCUT2D eigenvalue weighted by Gasteiger charge is -2.11. The number of aromatic nitrogens is 2. The molecule has 0 spiro atoms. The monoisotopic (exact) mass is 318 g/mol. The van der Waals surface area contributed by atoms with Gasteiger partial charge in [-0.1, -0.05) is 24.3 Å². The molecule has 0 radical (unpaired) electrons. The molecule has 5 rings (SSSR count). The van der Waals surface area contributed by atoms with Crippen LogP contribution in [0.5, 0.6) is 11.5 Å². The first-order valence-electron chi connectivity index (χ1n) is 7.41. The first kappa shape index (κ1) is 13.1. The van der Waals surface area contributed by atoms with Gasteiger partial charge in [0.05, 0.1) is 0 Å². The van der Waals surface area contributed by atoms with Crippen LogP contribution in [0.2, 0.25) is 0 Å². The van der Waals surface area contributed by atoms with Crippen LogP contribution in [0.3, 0.4) is 0 Å². The van der Waals surface area contributed by atoms with Crippen LogP contribution in [0.25, 0.3) is 11.4 Å². The molecule has 0 unspecified atom stereocenters. The highest BCUT2D eigenvalue weighted by Gasteiger charge is 2.33. The molecule has 0 atom stereocenters. The first-order chi connectivity index (χ1) is 11.7. The molecule has 0 saturated carbocycles. The van der Waals surface area contributed by atoms with Crippen LogP contribution < -0.4 is 9.47 Å². The van der Waals surface area contributed by atoms with Crippen molar-refractivity contribution in [1.29, 1.82) is 0 Å². The summed E-state index contributed by atoms with van der Waals surface area (Å²) in [6.07, 6.45) is 0. The zero-order valence-electron chi connectivity index (χ0n) is 12.3. The number of benzene rings is 2. The van der Waals surface area contributed by atoms with Crippen molar-refractivity contribution in [3.05, 3.63) is 65.0 Å². The topological polar surface area (TPSA) is 81.3 Å². The zero-order valence-corrected chi connectivity index (χ0v) is 12.3. The minimum absolute atomic E-state index is 0.159. The van der Waals surface area contributed by atoms with E-state index in [1.807, 2.05) is 0 Å². The Hall–Kier alpha value is -3.41. The Labute approximate surface area is 136 Å². The third kappa shape index (κ3) is 1.68. The molecule has 1 aliphatic heterocycles. The summed E-state index contributed by atoms with van der Waals surface area (Å²) in [7, 11) is 0. The van der Waals surface area contributed by atoms with E-state index in [0.717, 1.165) is 5.56 Å². The Morgan fingerprint density at radius 1 is 0.917 bits per heavy atom. The average molecular weight is 318 g/mol. The van der Waals surface area contributed by atoms with E-state index in [2.05, 4.69) is 9.97 Å². The summed E-state index contributed by atoms with van der Waals surface area (Å²) < 4.78 is 10.6. The maximum atomic E-state index is 12.6. The van der Waals surface area contributed by atoms with Gasteiger partial charge in [-0.2, -0.15) is 0 Å². The summed E-state index contributed by atoms with van der Waals surface area (Å²) in [4.78, 5) is 32.6. The first-order valence-corrected chi connectivity index (χ1v) is 7.41. The molecule has 24 heavy (non-hydrogen) atoms. The minimum atomic E-state index is -0.247. The second kappa shape index (κ2) is 4.55. The fraction of sp³-hybridized carbons (Fsp3) is 0.0556. The van der Waals surface area contributed by atoms with Gasteiger partial charge < -0.3 is 14.5 Å². The minimum Gasteiger partial charge on any atom is -0.454 e. The molecule has 116 valence electrons. The van der Waals surface area contributed by atoms with E-state index < -0.39 is 0 Å². The van der Waals surface area contributed by atoms with Gasteiger partial charge in [0.15, 0.2) is 11.5 Å². The van der Waals surface area contributed by atoms with Crippen molar-refractivity contribution in [3.8, 4) is 22.9 Å². The third-order valence-electron chi connectivity index (χ3n) is 4.21. The summed E-state index contributed by atoms with van der Waals surface area (Å²) in [6, 6.07) is 12.1. The number of nitrogens with one attached hydrogen (secondary N) is 1. The van der Waals surface area contributed by atoms with Crippen molar-refractivity contribution in [2.45, 2.75) is 0 Å². The number of fused-ring (bicyclic) bond motifs is 3. The molecule has 0 saturated heterocycles. The Morgan fingerprint density at radius 3 is 2.50 bits per heavy atom. The highest BCUT2D eigenvalue weighted by atomic mass is 16.7. The highest BCUT2D eigenvalue weighted by Crippen LogP contribution is 2.36. The average Bonchev–Trinajstić information content (AvgIpc) is 3.26.